The van der Waals surface area contributed by atoms with Crippen molar-refractivity contribution >= 4 is 54.5 Å². The molecule has 0 aliphatic rings. The third-order valence-electron chi connectivity index (χ3n) is 3.25. The van der Waals surface area contributed by atoms with Gasteiger partial charge in [-0.3, -0.25) is 4.79 Å². The van der Waals surface area contributed by atoms with Crippen LogP contribution in [0.3, 0.4) is 0 Å². The molecule has 0 fully saturated rings. The van der Waals surface area contributed by atoms with Crippen LogP contribution in [0.4, 0.5) is 0 Å². The van der Waals surface area contributed by atoms with Crippen molar-refractivity contribution < 1.29 is 8.83 Å². The fourth-order valence-electron chi connectivity index (χ4n) is 2.18. The second-order valence-electron chi connectivity index (χ2n) is 4.94. The number of rotatable bonds is 4. The van der Waals surface area contributed by atoms with Gasteiger partial charge in [-0.1, -0.05) is 27.7 Å². The van der Waals surface area contributed by atoms with Crippen LogP contribution in [0.25, 0.3) is 22.6 Å². The Hall–Kier alpha value is -1.91. The quantitative estimate of drug-likeness (QED) is 0.430. The van der Waals surface area contributed by atoms with Crippen LogP contribution in [0.1, 0.15) is 5.82 Å². The molecule has 25 heavy (non-hydrogen) atoms. The van der Waals surface area contributed by atoms with Crippen LogP contribution in [0, 0.1) is 0 Å². The van der Waals surface area contributed by atoms with Gasteiger partial charge in [0.25, 0.3) is 16.7 Å². The molecule has 3 aromatic heterocycles. The van der Waals surface area contributed by atoms with Crippen LogP contribution in [-0.2, 0) is 5.75 Å². The first-order valence-electron chi connectivity index (χ1n) is 6.98. The van der Waals surface area contributed by atoms with E-state index < -0.39 is 0 Å². The predicted octanol–water partition coefficient (Wildman–Crippen LogP) is 4.38. The van der Waals surface area contributed by atoms with Crippen molar-refractivity contribution in [2.45, 2.75) is 11.0 Å². The molecule has 0 aliphatic heterocycles. The Morgan fingerprint density at radius 2 is 2.12 bits per heavy atom. The first-order valence-corrected chi connectivity index (χ1v) is 9.55. The van der Waals surface area contributed by atoms with Crippen molar-refractivity contribution in [1.29, 1.82) is 0 Å². The number of nitrogens with zero attached hydrogens (tertiary/aromatic N) is 3. The van der Waals surface area contributed by atoms with Gasteiger partial charge in [0.1, 0.15) is 5.82 Å². The minimum Gasteiger partial charge on any atom is -0.459 e. The average molecular weight is 484 g/mol. The van der Waals surface area contributed by atoms with E-state index in [9.17, 15) is 4.79 Å². The van der Waals surface area contributed by atoms with Gasteiger partial charge in [-0.05, 0) is 40.2 Å². The van der Waals surface area contributed by atoms with Crippen LogP contribution in [0.2, 0.25) is 0 Å². The van der Waals surface area contributed by atoms with Gasteiger partial charge in [0, 0.05) is 8.95 Å². The summed E-state index contributed by atoms with van der Waals surface area (Å²) in [7, 11) is 0. The van der Waals surface area contributed by atoms with Crippen molar-refractivity contribution in [1.82, 2.24) is 20.2 Å². The Balaban J connectivity index is 1.58. The Morgan fingerprint density at radius 3 is 2.92 bits per heavy atom. The predicted molar refractivity (Wildman–Crippen MR) is 99.3 cm³/mol. The largest absolute Gasteiger partial charge is 0.459 e. The lowest BCUT2D eigenvalue weighted by Crippen LogP contribution is -2.11. The van der Waals surface area contributed by atoms with Gasteiger partial charge in [-0.25, -0.2) is 4.98 Å². The van der Waals surface area contributed by atoms with Gasteiger partial charge < -0.3 is 13.8 Å². The van der Waals surface area contributed by atoms with Crippen LogP contribution in [0.5, 0.6) is 0 Å². The molecule has 10 heteroatoms. The van der Waals surface area contributed by atoms with Crippen molar-refractivity contribution in [3.05, 3.63) is 55.7 Å². The Labute approximate surface area is 161 Å². The van der Waals surface area contributed by atoms with E-state index in [2.05, 4.69) is 52.0 Å². The molecule has 126 valence electrons. The highest BCUT2D eigenvalue weighted by Crippen LogP contribution is 2.27. The van der Waals surface area contributed by atoms with Crippen molar-refractivity contribution in [3.63, 3.8) is 0 Å². The average Bonchev–Trinajstić information content (AvgIpc) is 3.25. The summed E-state index contributed by atoms with van der Waals surface area (Å²) in [5, 5.41) is 8.75. The normalized spacial score (nSPS) is 11.3. The lowest BCUT2D eigenvalue weighted by atomic mass is 10.2. The molecule has 4 rings (SSSR count). The zero-order chi connectivity index (χ0) is 17.4. The number of aromatic nitrogens is 4. The number of fused-ring (bicyclic) bond motifs is 1. The van der Waals surface area contributed by atoms with E-state index in [1.54, 1.807) is 18.2 Å². The minimum atomic E-state index is -0.204. The number of thioether (sulfide) groups is 1. The Morgan fingerprint density at radius 1 is 1.24 bits per heavy atom. The number of furan rings is 1. The van der Waals surface area contributed by atoms with E-state index in [4.69, 9.17) is 8.83 Å². The molecule has 0 spiro atoms. The molecule has 0 amide bonds. The molecule has 1 aromatic carbocycles. The summed E-state index contributed by atoms with van der Waals surface area (Å²) in [5.74, 6) is 1.71. The smallest absolute Gasteiger partial charge is 0.284 e. The molecule has 7 nitrogen and oxygen atoms in total. The molecule has 4 aromatic rings. The molecule has 0 bridgehead atoms. The highest BCUT2D eigenvalue weighted by atomic mass is 79.9. The fourth-order valence-corrected chi connectivity index (χ4v) is 4.13. The maximum absolute atomic E-state index is 12.3. The maximum Gasteiger partial charge on any atom is 0.284 e. The van der Waals surface area contributed by atoms with Gasteiger partial charge in [0.15, 0.2) is 5.76 Å². The van der Waals surface area contributed by atoms with Crippen molar-refractivity contribution in [3.8, 4) is 11.7 Å². The number of halogens is 2. The van der Waals surface area contributed by atoms with E-state index in [0.717, 1.165) is 8.95 Å². The summed E-state index contributed by atoms with van der Waals surface area (Å²) >= 11 is 8.08. The minimum absolute atomic E-state index is 0.204. The molecule has 3 heterocycles. The first kappa shape index (κ1) is 16.6. The molecular weight excluding hydrogens is 476 g/mol. The molecule has 0 radical (unpaired) electrons. The van der Waals surface area contributed by atoms with E-state index in [1.165, 1.54) is 18.0 Å². The summed E-state index contributed by atoms with van der Waals surface area (Å²) in [4.78, 5) is 19.5. The standard InChI is InChI=1S/C15H8Br2N4O3S/c16-7-4-8-12(9(17)5-7)18-11(19-13(8)22)6-25-15-21-20-14(24-15)10-2-1-3-23-10/h1-5H,6H2,(H,18,19,22). The van der Waals surface area contributed by atoms with Crippen LogP contribution in [-0.4, -0.2) is 20.2 Å². The molecule has 1 N–H and O–H groups in total. The Kier molecular flexibility index (Phi) is 4.48. The van der Waals surface area contributed by atoms with E-state index in [1.807, 2.05) is 6.07 Å². The second-order valence-corrected chi connectivity index (χ2v) is 7.63. The number of hydrogen-bond acceptors (Lipinski definition) is 7. The summed E-state index contributed by atoms with van der Waals surface area (Å²) in [6, 6.07) is 7.06. The molecule has 0 saturated heterocycles. The van der Waals surface area contributed by atoms with Crippen molar-refractivity contribution in [2.75, 3.05) is 0 Å². The maximum atomic E-state index is 12.3. The zero-order valence-electron chi connectivity index (χ0n) is 12.3. The number of aromatic amines is 1. The zero-order valence-corrected chi connectivity index (χ0v) is 16.3. The van der Waals surface area contributed by atoms with Gasteiger partial charge in [-0.2, -0.15) is 0 Å². The second kappa shape index (κ2) is 6.77. The topological polar surface area (TPSA) is 97.8 Å². The number of H-pyrrole nitrogens is 1. The first-order chi connectivity index (χ1) is 12.1. The summed E-state index contributed by atoms with van der Waals surface area (Å²) in [5.41, 5.74) is 0.397. The lowest BCUT2D eigenvalue weighted by molar-refractivity contribution is 0.447. The van der Waals surface area contributed by atoms with Gasteiger partial charge in [-0.15, -0.1) is 10.2 Å². The molecule has 0 unspecified atom stereocenters. The summed E-state index contributed by atoms with van der Waals surface area (Å²) in [6.45, 7) is 0. The number of benzene rings is 1. The van der Waals surface area contributed by atoms with E-state index in [0.29, 0.717) is 39.4 Å². The van der Waals surface area contributed by atoms with Gasteiger partial charge in [0.2, 0.25) is 0 Å². The summed E-state index contributed by atoms with van der Waals surface area (Å²) in [6.07, 6.45) is 1.53. The van der Waals surface area contributed by atoms with E-state index in [-0.39, 0.29) is 5.56 Å². The van der Waals surface area contributed by atoms with E-state index >= 15 is 0 Å². The Bertz CT molecular complexity index is 1110. The van der Waals surface area contributed by atoms with Crippen LogP contribution < -0.4 is 5.56 Å². The highest BCUT2D eigenvalue weighted by Gasteiger charge is 2.13. The van der Waals surface area contributed by atoms with Crippen LogP contribution in [0.15, 0.2) is 58.3 Å². The van der Waals surface area contributed by atoms with Gasteiger partial charge >= 0.3 is 0 Å². The number of nitrogens with one attached hydrogen (secondary N) is 1. The van der Waals surface area contributed by atoms with Crippen molar-refractivity contribution in [2.24, 2.45) is 0 Å². The molecule has 0 atom stereocenters. The molecule has 0 saturated carbocycles. The lowest BCUT2D eigenvalue weighted by Gasteiger charge is -2.04. The number of hydrogen-bond donors (Lipinski definition) is 1. The van der Waals surface area contributed by atoms with Gasteiger partial charge in [0.05, 0.1) is 22.9 Å². The van der Waals surface area contributed by atoms with Crippen LogP contribution >= 0.6 is 43.6 Å². The SMILES string of the molecule is O=c1[nH]c(CSc2nnc(-c3ccco3)o2)nc2c(Br)cc(Br)cc12. The summed E-state index contributed by atoms with van der Waals surface area (Å²) < 4.78 is 12.3. The third-order valence-corrected chi connectivity index (χ3v) is 5.14. The molecule has 0 aliphatic carbocycles. The third kappa shape index (κ3) is 3.42. The fraction of sp³-hybridized carbons (Fsp3) is 0.0667. The highest BCUT2D eigenvalue weighted by molar-refractivity contribution is 9.11. The molecular formula is C15H8Br2N4O3S. The monoisotopic (exact) mass is 482 g/mol.